The van der Waals surface area contributed by atoms with E-state index in [9.17, 15) is 22.8 Å². The number of carbonyl (C=O) groups is 3. The van der Waals surface area contributed by atoms with Gasteiger partial charge in [-0.1, -0.05) is 61.7 Å². The van der Waals surface area contributed by atoms with Crippen LogP contribution in [0.3, 0.4) is 0 Å². The van der Waals surface area contributed by atoms with E-state index in [0.717, 1.165) is 37.5 Å². The minimum absolute atomic E-state index is 0.106. The van der Waals surface area contributed by atoms with Crippen molar-refractivity contribution in [2.75, 3.05) is 26.0 Å². The van der Waals surface area contributed by atoms with E-state index in [0.29, 0.717) is 55.9 Å². The van der Waals surface area contributed by atoms with Gasteiger partial charge in [0.25, 0.3) is 5.89 Å². The molecule has 0 radical (unpaired) electrons. The van der Waals surface area contributed by atoms with Gasteiger partial charge in [-0.15, -0.1) is 0 Å². The maximum Gasteiger partial charge on any atom is 0.266 e. The van der Waals surface area contributed by atoms with Gasteiger partial charge < -0.3 is 25.1 Å². The van der Waals surface area contributed by atoms with E-state index >= 15 is 0 Å². The number of ketones is 1. The Kier molecular flexibility index (Phi) is 13.0. The molecule has 4 atom stereocenters. The number of fused-ring (bicyclic) bond motifs is 1. The molecule has 12 nitrogen and oxygen atoms in total. The number of benzene rings is 2. The largest absolute Gasteiger partial charge is 0.434 e. The molecule has 5 rings (SSSR count). The van der Waals surface area contributed by atoms with Gasteiger partial charge in [0.1, 0.15) is 17.6 Å². The van der Waals surface area contributed by atoms with E-state index in [1.165, 1.54) is 11.3 Å². The smallest absolute Gasteiger partial charge is 0.266 e. The fraction of sp³-hybridized carbons (Fsp3) is 0.556. The predicted molar refractivity (Wildman–Crippen MR) is 186 cm³/mol. The molecule has 2 amide bonds. The Morgan fingerprint density at radius 3 is 2.45 bits per heavy atom. The summed E-state index contributed by atoms with van der Waals surface area (Å²) in [5, 5.41) is 2.90. The van der Waals surface area contributed by atoms with E-state index in [2.05, 4.69) is 15.0 Å². The van der Waals surface area contributed by atoms with Gasteiger partial charge in [-0.2, -0.15) is 0 Å². The summed E-state index contributed by atoms with van der Waals surface area (Å²) in [4.78, 5) is 47.8. The lowest BCUT2D eigenvalue weighted by Crippen LogP contribution is -2.55. The number of nitrogens with one attached hydrogen (secondary N) is 2. The fourth-order valence-corrected chi connectivity index (χ4v) is 7.58. The summed E-state index contributed by atoms with van der Waals surface area (Å²) in [6, 6.07) is 13.5. The average molecular weight is 696 g/mol. The third-order valence-electron chi connectivity index (χ3n) is 9.44. The SMILES string of the molecule is CS(=O)(=O)N[C@H](CCc1ccccc1)C(=O)N1C[C@H](OCC2CCCCC2)C[C@H]1C(=O)N[C@@H](CCCCN)C(=O)c1nc2ccccc2o1. The molecule has 1 aliphatic carbocycles. The van der Waals surface area contributed by atoms with Gasteiger partial charge in [-0.3, -0.25) is 14.4 Å². The lowest BCUT2D eigenvalue weighted by molar-refractivity contribution is -0.140. The van der Waals surface area contributed by atoms with Gasteiger partial charge in [0, 0.05) is 19.6 Å². The van der Waals surface area contributed by atoms with Gasteiger partial charge in [-0.05, 0) is 75.1 Å². The molecule has 2 aliphatic rings. The number of nitrogens with two attached hydrogens (primary N) is 1. The average Bonchev–Trinajstić information content (AvgIpc) is 3.74. The zero-order valence-corrected chi connectivity index (χ0v) is 29.0. The first-order chi connectivity index (χ1) is 23.6. The molecule has 4 N–H and O–H groups in total. The number of hydrogen-bond acceptors (Lipinski definition) is 9. The Hall–Kier alpha value is -3.65. The van der Waals surface area contributed by atoms with Crippen LogP contribution in [0, 0.1) is 5.92 Å². The first-order valence-electron chi connectivity index (χ1n) is 17.4. The molecule has 1 aliphatic heterocycles. The van der Waals surface area contributed by atoms with Gasteiger partial charge >= 0.3 is 0 Å². The predicted octanol–water partition coefficient (Wildman–Crippen LogP) is 3.74. The highest BCUT2D eigenvalue weighted by Crippen LogP contribution is 2.28. The van der Waals surface area contributed by atoms with Crippen molar-refractivity contribution in [3.8, 4) is 0 Å². The lowest BCUT2D eigenvalue weighted by Gasteiger charge is -2.29. The normalized spacial score (nSPS) is 19.9. The van der Waals surface area contributed by atoms with Crippen LogP contribution in [-0.4, -0.2) is 86.1 Å². The van der Waals surface area contributed by atoms with Crippen LogP contribution in [-0.2, 0) is 30.8 Å². The fourth-order valence-electron chi connectivity index (χ4n) is 6.84. The molecular weight excluding hydrogens is 646 g/mol. The Morgan fingerprint density at radius 1 is 1.00 bits per heavy atom. The van der Waals surface area contributed by atoms with E-state index in [1.54, 1.807) is 24.3 Å². The molecule has 0 spiro atoms. The number of aromatic nitrogens is 1. The molecule has 49 heavy (non-hydrogen) atoms. The second-order valence-corrected chi connectivity index (χ2v) is 15.1. The summed E-state index contributed by atoms with van der Waals surface area (Å²) < 4.78 is 39.4. The number of sulfonamides is 1. The highest BCUT2D eigenvalue weighted by molar-refractivity contribution is 7.88. The minimum Gasteiger partial charge on any atom is -0.434 e. The highest BCUT2D eigenvalue weighted by Gasteiger charge is 2.44. The van der Waals surface area contributed by atoms with Crippen LogP contribution >= 0.6 is 0 Å². The molecular formula is C36H49N5O7S. The zero-order chi connectivity index (χ0) is 34.8. The number of carbonyl (C=O) groups excluding carboxylic acids is 3. The summed E-state index contributed by atoms with van der Waals surface area (Å²) in [6.07, 6.45) is 8.72. The Bertz CT molecular complexity index is 1630. The second kappa shape index (κ2) is 17.3. The van der Waals surface area contributed by atoms with E-state index in [1.807, 2.05) is 30.3 Å². The number of ether oxygens (including phenoxy) is 1. The molecule has 2 aromatic carbocycles. The van der Waals surface area contributed by atoms with Crippen molar-refractivity contribution in [3.63, 3.8) is 0 Å². The summed E-state index contributed by atoms with van der Waals surface area (Å²) in [5.74, 6) is -1.17. The van der Waals surface area contributed by atoms with Crippen molar-refractivity contribution >= 4 is 38.7 Å². The van der Waals surface area contributed by atoms with Crippen molar-refractivity contribution < 1.29 is 32.0 Å². The van der Waals surface area contributed by atoms with Crippen molar-refractivity contribution in [1.82, 2.24) is 19.9 Å². The number of unbranched alkanes of at least 4 members (excludes halogenated alkanes) is 1. The van der Waals surface area contributed by atoms with Crippen molar-refractivity contribution in [3.05, 3.63) is 66.1 Å². The van der Waals surface area contributed by atoms with Gasteiger partial charge in [0.05, 0.1) is 18.4 Å². The van der Waals surface area contributed by atoms with Crippen LogP contribution in [0.1, 0.15) is 80.5 Å². The second-order valence-electron chi connectivity index (χ2n) is 13.4. The number of para-hydroxylation sites is 2. The maximum absolute atomic E-state index is 14.2. The van der Waals surface area contributed by atoms with Crippen LogP contribution in [0.15, 0.2) is 59.0 Å². The first-order valence-corrected chi connectivity index (χ1v) is 19.3. The van der Waals surface area contributed by atoms with Gasteiger partial charge in [-0.25, -0.2) is 18.1 Å². The van der Waals surface area contributed by atoms with Crippen LogP contribution in [0.2, 0.25) is 0 Å². The molecule has 2 fully saturated rings. The van der Waals surface area contributed by atoms with Crippen LogP contribution in [0.25, 0.3) is 11.1 Å². The molecule has 13 heteroatoms. The summed E-state index contributed by atoms with van der Waals surface area (Å²) in [6.45, 7) is 1.10. The lowest BCUT2D eigenvalue weighted by atomic mass is 9.90. The molecule has 0 bridgehead atoms. The number of amides is 2. The summed E-state index contributed by atoms with van der Waals surface area (Å²) in [5.41, 5.74) is 7.68. The molecule has 0 unspecified atom stereocenters. The van der Waals surface area contributed by atoms with Gasteiger partial charge in [0.15, 0.2) is 5.58 Å². The Balaban J connectivity index is 1.37. The summed E-state index contributed by atoms with van der Waals surface area (Å²) >= 11 is 0. The number of hydrogen-bond donors (Lipinski definition) is 3. The third-order valence-corrected chi connectivity index (χ3v) is 10.2. The maximum atomic E-state index is 14.2. The summed E-state index contributed by atoms with van der Waals surface area (Å²) in [7, 11) is -3.76. The molecule has 266 valence electrons. The molecule has 1 saturated heterocycles. The highest BCUT2D eigenvalue weighted by atomic mass is 32.2. The molecule has 1 saturated carbocycles. The van der Waals surface area contributed by atoms with Crippen LogP contribution < -0.4 is 15.8 Å². The minimum atomic E-state index is -3.76. The Labute approximate surface area is 288 Å². The van der Waals surface area contributed by atoms with E-state index in [-0.39, 0.29) is 25.3 Å². The topological polar surface area (TPSA) is 174 Å². The van der Waals surface area contributed by atoms with E-state index < -0.39 is 51.9 Å². The Morgan fingerprint density at radius 2 is 1.73 bits per heavy atom. The number of rotatable bonds is 17. The zero-order valence-electron chi connectivity index (χ0n) is 28.2. The van der Waals surface area contributed by atoms with E-state index in [4.69, 9.17) is 14.9 Å². The first kappa shape index (κ1) is 36.6. The van der Waals surface area contributed by atoms with Crippen LogP contribution in [0.4, 0.5) is 0 Å². The molecule has 1 aromatic heterocycles. The van der Waals surface area contributed by atoms with Crippen molar-refractivity contribution in [2.24, 2.45) is 11.7 Å². The number of Topliss-reactive ketones (excluding diaryl/α,β-unsaturated/α-hetero) is 1. The molecule has 2 heterocycles. The molecule has 3 aromatic rings. The third kappa shape index (κ3) is 10.4. The number of nitrogens with zero attached hydrogens (tertiary/aromatic N) is 2. The quantitative estimate of drug-likeness (QED) is 0.140. The van der Waals surface area contributed by atoms with Crippen molar-refractivity contribution in [2.45, 2.75) is 94.9 Å². The number of oxazole rings is 1. The van der Waals surface area contributed by atoms with Gasteiger partial charge in [0.2, 0.25) is 27.6 Å². The monoisotopic (exact) mass is 695 g/mol. The van der Waals surface area contributed by atoms with Crippen molar-refractivity contribution in [1.29, 1.82) is 0 Å². The number of aryl methyl sites for hydroxylation is 1. The standard InChI is InChI=1S/C36H49N5O7S/c1-49(45,46)40-30(20-19-25-12-4-2-5-13-25)36(44)41-23-27(47-24-26-14-6-3-7-15-26)22-31(41)34(43)38-29(17-10-11-21-37)33(42)35-39-28-16-8-9-18-32(28)48-35/h2,4-5,8-9,12-13,16,18,26-27,29-31,40H,3,6-7,10-11,14-15,17,19-24,37H2,1H3,(H,38,43)/t27-,29+,30-,31+/m1/s1. The van der Waals surface area contributed by atoms with Crippen LogP contribution in [0.5, 0.6) is 0 Å². The number of likely N-dealkylation sites (tertiary alicyclic amines) is 1.